The first-order chi connectivity index (χ1) is 6.27. The molecule has 0 saturated heterocycles. The number of fused-ring (bicyclic) bond motifs is 1. The molecule has 0 spiro atoms. The van der Waals surface area contributed by atoms with E-state index >= 15 is 0 Å². The van der Waals surface area contributed by atoms with E-state index in [0.29, 0.717) is 0 Å². The third kappa shape index (κ3) is 3.57. The summed E-state index contributed by atoms with van der Waals surface area (Å²) in [6.45, 7) is 2.12. The molecular formula is C10H9Cl2Hf. The van der Waals surface area contributed by atoms with Crippen molar-refractivity contribution in [3.05, 3.63) is 47.4 Å². The van der Waals surface area contributed by atoms with Gasteiger partial charge >= 0.3 is 37.7 Å². The minimum atomic E-state index is -0.972. The second-order valence-electron chi connectivity index (χ2n) is 2.73. The van der Waals surface area contributed by atoms with E-state index in [2.05, 4.69) is 43.7 Å². The fraction of sp³-hybridized carbons (Fsp3) is 0.100. The van der Waals surface area contributed by atoms with Crippen LogP contribution < -0.4 is 0 Å². The molecule has 0 aliphatic heterocycles. The van der Waals surface area contributed by atoms with Crippen LogP contribution in [0.15, 0.2) is 29.8 Å². The molecule has 1 radical (unpaired) electrons. The van der Waals surface area contributed by atoms with Crippen molar-refractivity contribution in [3.8, 4) is 0 Å². The first-order valence-corrected chi connectivity index (χ1v) is 12.8. The summed E-state index contributed by atoms with van der Waals surface area (Å²) in [6, 6.07) is 8.42. The predicted octanol–water partition coefficient (Wildman–Crippen LogP) is 4.03. The number of hydrogen-bond acceptors (Lipinski definition) is 0. The van der Waals surface area contributed by atoms with Crippen molar-refractivity contribution in [3.63, 3.8) is 0 Å². The van der Waals surface area contributed by atoms with E-state index in [-0.39, 0.29) is 0 Å². The molecule has 0 saturated carbocycles. The summed E-state index contributed by atoms with van der Waals surface area (Å²) in [5.74, 6) is 0. The van der Waals surface area contributed by atoms with Gasteiger partial charge in [0.05, 0.1) is 0 Å². The summed E-state index contributed by atoms with van der Waals surface area (Å²) in [5.41, 5.74) is 4.04. The molecule has 13 heavy (non-hydrogen) atoms. The molecule has 1 aliphatic rings. The van der Waals surface area contributed by atoms with Gasteiger partial charge in [0.2, 0.25) is 0 Å². The van der Waals surface area contributed by atoms with Crippen molar-refractivity contribution in [2.24, 2.45) is 0 Å². The van der Waals surface area contributed by atoms with Crippen LogP contribution in [0.5, 0.6) is 0 Å². The third-order valence-corrected chi connectivity index (χ3v) is 1.76. The first kappa shape index (κ1) is 11.5. The Morgan fingerprint density at radius 2 is 1.62 bits per heavy atom. The maximum absolute atomic E-state index is 4.96. The molecule has 0 fully saturated rings. The van der Waals surface area contributed by atoms with E-state index in [4.69, 9.17) is 17.2 Å². The van der Waals surface area contributed by atoms with Crippen LogP contribution >= 0.6 is 17.2 Å². The van der Waals surface area contributed by atoms with E-state index in [1.807, 2.05) is 0 Å². The maximum atomic E-state index is 4.96. The Morgan fingerprint density at radius 1 is 1.08 bits per heavy atom. The van der Waals surface area contributed by atoms with Crippen LogP contribution in [-0.4, -0.2) is 0 Å². The van der Waals surface area contributed by atoms with Crippen molar-refractivity contribution in [2.75, 3.05) is 0 Å². The van der Waals surface area contributed by atoms with Crippen molar-refractivity contribution < 1.29 is 20.5 Å². The molecule has 0 unspecified atom stereocenters. The van der Waals surface area contributed by atoms with Gasteiger partial charge in [-0.3, -0.25) is 0 Å². The minimum absolute atomic E-state index is 0.972. The van der Waals surface area contributed by atoms with Crippen molar-refractivity contribution in [1.29, 1.82) is 0 Å². The summed E-state index contributed by atoms with van der Waals surface area (Å²) in [5, 5.41) is 0. The number of halogens is 2. The number of rotatable bonds is 0. The van der Waals surface area contributed by atoms with Crippen LogP contribution in [0.25, 0.3) is 6.08 Å². The van der Waals surface area contributed by atoms with Gasteiger partial charge in [0.15, 0.2) is 0 Å². The Hall–Kier alpha value is 0.410. The van der Waals surface area contributed by atoms with Gasteiger partial charge in [-0.05, 0) is 18.1 Å². The predicted molar refractivity (Wildman–Crippen MR) is 55.2 cm³/mol. The quantitative estimate of drug-likeness (QED) is 0.598. The van der Waals surface area contributed by atoms with Gasteiger partial charge in [0.25, 0.3) is 0 Å². The Kier molecular flexibility index (Phi) is 5.30. The van der Waals surface area contributed by atoms with Crippen molar-refractivity contribution >= 4 is 23.2 Å². The molecule has 3 heteroatoms. The van der Waals surface area contributed by atoms with E-state index in [0.717, 1.165) is 0 Å². The molecule has 1 aromatic carbocycles. The molecule has 2 rings (SSSR count). The Morgan fingerprint density at radius 3 is 2.15 bits per heavy atom. The summed E-state index contributed by atoms with van der Waals surface area (Å²) < 4.78 is 0. The topological polar surface area (TPSA) is 0 Å². The second kappa shape index (κ2) is 6.00. The molecule has 0 N–H and O–H groups in total. The SMILES string of the molecule is CC1=Cc2ccccc2[CH]1.[Cl][Hf][Cl]. The van der Waals surface area contributed by atoms with Gasteiger partial charge in [0, 0.05) is 6.42 Å². The van der Waals surface area contributed by atoms with Gasteiger partial charge in [-0.2, -0.15) is 0 Å². The Bertz CT molecular complexity index is 308. The van der Waals surface area contributed by atoms with Crippen LogP contribution in [0.2, 0.25) is 0 Å². The molecule has 0 bridgehead atoms. The summed E-state index contributed by atoms with van der Waals surface area (Å²) in [4.78, 5) is 0. The molecule has 0 nitrogen and oxygen atoms in total. The van der Waals surface area contributed by atoms with E-state index in [1.165, 1.54) is 16.7 Å². The third-order valence-electron chi connectivity index (χ3n) is 1.76. The van der Waals surface area contributed by atoms with Crippen LogP contribution in [0.3, 0.4) is 0 Å². The summed E-state index contributed by atoms with van der Waals surface area (Å²) >= 11 is -0.972. The number of benzene rings is 1. The van der Waals surface area contributed by atoms with Crippen LogP contribution in [0.1, 0.15) is 18.1 Å². The Balaban J connectivity index is 0.000000251. The molecule has 67 valence electrons. The molecular weight excluding hydrogens is 370 g/mol. The van der Waals surface area contributed by atoms with Crippen molar-refractivity contribution in [2.45, 2.75) is 6.92 Å². The van der Waals surface area contributed by atoms with Gasteiger partial charge in [0.1, 0.15) is 0 Å². The molecule has 1 aromatic rings. The average Bonchev–Trinajstić information content (AvgIpc) is 2.45. The zero-order valence-electron chi connectivity index (χ0n) is 7.22. The summed E-state index contributed by atoms with van der Waals surface area (Å²) in [7, 11) is 9.92. The molecule has 0 atom stereocenters. The normalized spacial score (nSPS) is 12.4. The molecule has 0 amide bonds. The first-order valence-electron chi connectivity index (χ1n) is 3.86. The second-order valence-corrected chi connectivity index (χ2v) is 7.92. The molecule has 1 aliphatic carbocycles. The van der Waals surface area contributed by atoms with Crippen molar-refractivity contribution in [1.82, 2.24) is 0 Å². The number of allylic oxidation sites excluding steroid dienone is 1. The standard InChI is InChI=1S/C10H9.2ClH.Hf/c1-8-6-9-4-2-3-5-10(9)7-8;;;/h2-7H,1H3;2*1H;/q;;;+2/p-2. The zero-order chi connectivity index (χ0) is 9.68. The molecule has 0 aromatic heterocycles. The van der Waals surface area contributed by atoms with E-state index in [9.17, 15) is 0 Å². The van der Waals surface area contributed by atoms with Gasteiger partial charge < -0.3 is 0 Å². The van der Waals surface area contributed by atoms with Gasteiger partial charge in [-0.15, -0.1) is 0 Å². The van der Waals surface area contributed by atoms with Crippen LogP contribution in [0.4, 0.5) is 0 Å². The van der Waals surface area contributed by atoms with E-state index in [1.54, 1.807) is 0 Å². The van der Waals surface area contributed by atoms with Crippen LogP contribution in [0, 0.1) is 6.42 Å². The number of hydrogen-bond donors (Lipinski definition) is 0. The van der Waals surface area contributed by atoms with E-state index < -0.39 is 20.5 Å². The fourth-order valence-electron chi connectivity index (χ4n) is 1.31. The zero-order valence-corrected chi connectivity index (χ0v) is 12.3. The fourth-order valence-corrected chi connectivity index (χ4v) is 1.31. The monoisotopic (exact) mass is 379 g/mol. The molecule has 0 heterocycles. The van der Waals surface area contributed by atoms with Gasteiger partial charge in [-0.25, -0.2) is 0 Å². The summed E-state index contributed by atoms with van der Waals surface area (Å²) in [6.07, 6.45) is 4.41. The van der Waals surface area contributed by atoms with Gasteiger partial charge in [-0.1, -0.05) is 35.9 Å². The van der Waals surface area contributed by atoms with Crippen LogP contribution in [-0.2, 0) is 20.5 Å². The Labute approximate surface area is 97.4 Å². The average molecular weight is 379 g/mol.